The van der Waals surface area contributed by atoms with Crippen molar-refractivity contribution in [2.24, 2.45) is 0 Å². The van der Waals surface area contributed by atoms with E-state index in [1.165, 1.54) is 0 Å². The van der Waals surface area contributed by atoms with Crippen molar-refractivity contribution in [2.75, 3.05) is 26.2 Å². The smallest absolute Gasteiger partial charge is 0.252 e. The van der Waals surface area contributed by atoms with Crippen LogP contribution >= 0.6 is 0 Å². The number of allylic oxidation sites excluding steroid dienone is 2. The Kier molecular flexibility index (Phi) is 5.37. The molecule has 3 rings (SSSR count). The van der Waals surface area contributed by atoms with Gasteiger partial charge < -0.3 is 19.9 Å². The highest BCUT2D eigenvalue weighted by Gasteiger charge is 2.35. The van der Waals surface area contributed by atoms with Gasteiger partial charge in [0, 0.05) is 44.7 Å². The minimum absolute atomic E-state index is 0.0735. The summed E-state index contributed by atoms with van der Waals surface area (Å²) in [6.07, 6.45) is 6.23. The minimum atomic E-state index is -1.10. The average molecular weight is 356 g/mol. The van der Waals surface area contributed by atoms with E-state index in [1.54, 1.807) is 29.5 Å². The summed E-state index contributed by atoms with van der Waals surface area (Å²) in [5.41, 5.74) is 3.79. The van der Waals surface area contributed by atoms with Crippen molar-refractivity contribution in [3.63, 3.8) is 0 Å². The first-order valence-electron chi connectivity index (χ1n) is 8.70. The predicted octanol–water partition coefficient (Wildman–Crippen LogP) is 0.735. The molecular formula is C19H24N4O3. The van der Waals surface area contributed by atoms with E-state index in [1.807, 2.05) is 11.8 Å². The number of aliphatic hydroxyl groups is 1. The number of aromatic amines is 1. The van der Waals surface area contributed by atoms with Crippen LogP contribution in [0, 0.1) is 6.92 Å². The molecule has 0 saturated heterocycles. The highest BCUT2D eigenvalue weighted by atomic mass is 16.3. The van der Waals surface area contributed by atoms with Crippen LogP contribution in [0.5, 0.6) is 0 Å². The zero-order valence-corrected chi connectivity index (χ0v) is 14.9. The standard InChI is InChI=1S/C19H24N4O3/c1-3-4-5-6-18(25)22-8-14-10-23(11-15(14)9-22)19(26)17(24)7-16-13(2)20-12-21-16/h3-5,12,17,24H,1,6-11H2,2H3,(H,20,21)/b5-4+. The van der Waals surface area contributed by atoms with E-state index in [4.69, 9.17) is 0 Å². The number of amides is 2. The molecular weight excluding hydrogens is 332 g/mol. The Hall–Kier alpha value is -2.67. The molecule has 0 fully saturated rings. The lowest BCUT2D eigenvalue weighted by atomic mass is 10.1. The molecule has 1 aromatic rings. The number of carbonyl (C=O) groups is 2. The Morgan fingerprint density at radius 2 is 1.96 bits per heavy atom. The van der Waals surface area contributed by atoms with Crippen molar-refractivity contribution in [1.29, 1.82) is 0 Å². The number of aryl methyl sites for hydroxylation is 1. The van der Waals surface area contributed by atoms with Crippen molar-refractivity contribution in [2.45, 2.75) is 25.9 Å². The maximum absolute atomic E-state index is 12.5. The summed E-state index contributed by atoms with van der Waals surface area (Å²) in [6.45, 7) is 7.54. The molecule has 1 unspecified atom stereocenters. The van der Waals surface area contributed by atoms with Crippen LogP contribution in [0.1, 0.15) is 17.8 Å². The summed E-state index contributed by atoms with van der Waals surface area (Å²) >= 11 is 0. The van der Waals surface area contributed by atoms with E-state index in [2.05, 4.69) is 16.5 Å². The number of hydrogen-bond acceptors (Lipinski definition) is 4. The highest BCUT2D eigenvalue weighted by Crippen LogP contribution is 2.26. The van der Waals surface area contributed by atoms with Gasteiger partial charge in [0.15, 0.2) is 0 Å². The van der Waals surface area contributed by atoms with E-state index < -0.39 is 6.10 Å². The molecule has 7 heteroatoms. The third kappa shape index (κ3) is 3.77. The molecule has 0 aromatic carbocycles. The lowest BCUT2D eigenvalue weighted by Crippen LogP contribution is -2.41. The quantitative estimate of drug-likeness (QED) is 0.581. The molecule has 0 radical (unpaired) electrons. The summed E-state index contributed by atoms with van der Waals surface area (Å²) in [4.78, 5) is 35.2. The van der Waals surface area contributed by atoms with Gasteiger partial charge in [0.1, 0.15) is 6.10 Å². The van der Waals surface area contributed by atoms with Crippen LogP contribution < -0.4 is 0 Å². The normalized spacial score (nSPS) is 17.9. The molecule has 0 spiro atoms. The fourth-order valence-corrected chi connectivity index (χ4v) is 3.38. The van der Waals surface area contributed by atoms with Crippen LogP contribution in [0.3, 0.4) is 0 Å². The molecule has 3 heterocycles. The Bertz CT molecular complexity index is 760. The van der Waals surface area contributed by atoms with E-state index in [9.17, 15) is 14.7 Å². The minimum Gasteiger partial charge on any atom is -0.383 e. The Balaban J connectivity index is 1.51. The van der Waals surface area contributed by atoms with Gasteiger partial charge in [-0.25, -0.2) is 4.98 Å². The molecule has 1 aromatic heterocycles. The molecule has 0 aliphatic carbocycles. The van der Waals surface area contributed by atoms with Crippen LogP contribution in [0.2, 0.25) is 0 Å². The van der Waals surface area contributed by atoms with Crippen LogP contribution in [0.25, 0.3) is 0 Å². The number of rotatable bonds is 6. The number of carbonyl (C=O) groups excluding carboxylic acids is 2. The molecule has 2 amide bonds. The Morgan fingerprint density at radius 3 is 2.54 bits per heavy atom. The summed E-state index contributed by atoms with van der Waals surface area (Å²) in [7, 11) is 0. The van der Waals surface area contributed by atoms with Gasteiger partial charge in [0.05, 0.1) is 12.0 Å². The first-order chi connectivity index (χ1) is 12.5. The zero-order chi connectivity index (χ0) is 18.7. The Labute approximate surface area is 152 Å². The van der Waals surface area contributed by atoms with Gasteiger partial charge in [-0.05, 0) is 18.1 Å². The number of H-pyrrole nitrogens is 1. The number of nitrogens with zero attached hydrogens (tertiary/aromatic N) is 3. The first-order valence-corrected chi connectivity index (χ1v) is 8.70. The number of imidazole rings is 1. The Morgan fingerprint density at radius 1 is 1.31 bits per heavy atom. The van der Waals surface area contributed by atoms with Crippen molar-refractivity contribution >= 4 is 11.8 Å². The summed E-state index contributed by atoms with van der Waals surface area (Å²) in [5.74, 6) is -0.210. The van der Waals surface area contributed by atoms with E-state index in [0.29, 0.717) is 38.3 Å². The largest absolute Gasteiger partial charge is 0.383 e. The van der Waals surface area contributed by atoms with Gasteiger partial charge in [0.2, 0.25) is 5.91 Å². The average Bonchev–Trinajstić information content (AvgIpc) is 3.29. The van der Waals surface area contributed by atoms with Gasteiger partial charge in [0.25, 0.3) is 5.91 Å². The zero-order valence-electron chi connectivity index (χ0n) is 14.9. The topological polar surface area (TPSA) is 89.5 Å². The van der Waals surface area contributed by atoms with Gasteiger partial charge in [-0.1, -0.05) is 24.8 Å². The fraction of sp³-hybridized carbons (Fsp3) is 0.421. The molecule has 0 saturated carbocycles. The number of hydrogen-bond donors (Lipinski definition) is 2. The molecule has 0 bridgehead atoms. The summed E-state index contributed by atoms with van der Waals surface area (Å²) in [6, 6.07) is 0. The van der Waals surface area contributed by atoms with Gasteiger partial charge in [-0.2, -0.15) is 0 Å². The van der Waals surface area contributed by atoms with Gasteiger partial charge >= 0.3 is 0 Å². The van der Waals surface area contributed by atoms with Crippen LogP contribution in [-0.4, -0.2) is 69.0 Å². The molecule has 1 atom stereocenters. The van der Waals surface area contributed by atoms with Crippen LogP contribution in [0.15, 0.2) is 42.3 Å². The molecule has 7 nitrogen and oxygen atoms in total. The van der Waals surface area contributed by atoms with E-state index in [0.717, 1.165) is 16.8 Å². The van der Waals surface area contributed by atoms with Crippen molar-refractivity contribution in [3.05, 3.63) is 53.7 Å². The third-order valence-electron chi connectivity index (χ3n) is 4.86. The number of aliphatic hydroxyl groups excluding tert-OH is 1. The first kappa shape index (κ1) is 18.1. The summed E-state index contributed by atoms with van der Waals surface area (Å²) in [5, 5.41) is 10.3. The third-order valence-corrected chi connectivity index (χ3v) is 4.86. The van der Waals surface area contributed by atoms with E-state index >= 15 is 0 Å². The SMILES string of the molecule is C=C/C=C/CC(=O)N1CC2=C(C1)CN(C(=O)C(O)Cc1nc[nH]c1C)C2. The second-order valence-corrected chi connectivity index (χ2v) is 6.71. The van der Waals surface area contributed by atoms with Gasteiger partial charge in [-0.15, -0.1) is 0 Å². The molecule has 2 aliphatic rings. The van der Waals surface area contributed by atoms with Crippen LogP contribution in [0.4, 0.5) is 0 Å². The maximum Gasteiger partial charge on any atom is 0.252 e. The van der Waals surface area contributed by atoms with Crippen molar-refractivity contribution in [1.82, 2.24) is 19.8 Å². The monoisotopic (exact) mass is 356 g/mol. The van der Waals surface area contributed by atoms with Crippen LogP contribution in [-0.2, 0) is 16.0 Å². The predicted molar refractivity (Wildman–Crippen MR) is 97.2 cm³/mol. The molecule has 26 heavy (non-hydrogen) atoms. The second-order valence-electron chi connectivity index (χ2n) is 6.71. The fourth-order valence-electron chi connectivity index (χ4n) is 3.38. The second kappa shape index (κ2) is 7.70. The van der Waals surface area contributed by atoms with Crippen molar-refractivity contribution in [3.8, 4) is 0 Å². The lowest BCUT2D eigenvalue weighted by Gasteiger charge is -2.24. The number of nitrogens with one attached hydrogen (secondary N) is 1. The number of aromatic nitrogens is 2. The molecule has 138 valence electrons. The summed E-state index contributed by atoms with van der Waals surface area (Å²) < 4.78 is 0. The highest BCUT2D eigenvalue weighted by molar-refractivity contribution is 5.83. The van der Waals surface area contributed by atoms with E-state index in [-0.39, 0.29) is 18.2 Å². The molecule has 2 N–H and O–H groups in total. The molecule has 2 aliphatic heterocycles. The lowest BCUT2D eigenvalue weighted by molar-refractivity contribution is -0.139. The van der Waals surface area contributed by atoms with Gasteiger partial charge in [-0.3, -0.25) is 9.59 Å². The maximum atomic E-state index is 12.5. The van der Waals surface area contributed by atoms with Crippen molar-refractivity contribution < 1.29 is 14.7 Å².